The van der Waals surface area contributed by atoms with Crippen LogP contribution in [0.3, 0.4) is 0 Å². The zero-order chi connectivity index (χ0) is 43.7. The Bertz CT molecular complexity index is 3160. The van der Waals surface area contributed by atoms with E-state index in [1.807, 2.05) is 12.1 Å². The largest absolute Gasteiger partial charge is 0.309 e. The number of nitrogens with zero attached hydrogens (tertiary/aromatic N) is 1. The predicted molar refractivity (Wildman–Crippen MR) is 275 cm³/mol. The van der Waals surface area contributed by atoms with Crippen LogP contribution >= 0.6 is 0 Å². The molecule has 11 rings (SSSR count). The zero-order valence-electron chi connectivity index (χ0n) is 36.7. The molecule has 1 heterocycles. The molecule has 0 bridgehead atoms. The SMILES string of the molecule is Cc1ccc(-c2ccccc2)cc1.Cc1ccc(-c2ccccc2)cc1.Cc1cccc(-c2ccc(-c3ccccc3)cc2-c2ccc3c4ccccc4n(-c4ccccc4)c3c2)c1. The van der Waals surface area contributed by atoms with Gasteiger partial charge in [0.05, 0.1) is 11.0 Å². The summed E-state index contributed by atoms with van der Waals surface area (Å²) in [5, 5.41) is 2.54. The van der Waals surface area contributed by atoms with Crippen molar-refractivity contribution in [1.82, 2.24) is 4.57 Å². The van der Waals surface area contributed by atoms with Crippen molar-refractivity contribution < 1.29 is 0 Å². The van der Waals surface area contributed by atoms with E-state index in [-0.39, 0.29) is 0 Å². The van der Waals surface area contributed by atoms with E-state index in [0.717, 1.165) is 0 Å². The Morgan fingerprint density at radius 2 is 0.656 bits per heavy atom. The average Bonchev–Trinajstić information content (AvgIpc) is 3.69. The molecule has 10 aromatic carbocycles. The topological polar surface area (TPSA) is 4.93 Å². The Kier molecular flexibility index (Phi) is 12.5. The summed E-state index contributed by atoms with van der Waals surface area (Å²) in [6, 6.07) is 90.7. The van der Waals surface area contributed by atoms with Gasteiger partial charge in [0.1, 0.15) is 0 Å². The molecule has 0 saturated heterocycles. The lowest BCUT2D eigenvalue weighted by Crippen LogP contribution is -1.94. The Hall–Kier alpha value is -8.00. The van der Waals surface area contributed by atoms with Gasteiger partial charge in [0, 0.05) is 16.5 Å². The summed E-state index contributed by atoms with van der Waals surface area (Å²) < 4.78 is 2.39. The second-order valence-electron chi connectivity index (χ2n) is 16.4. The molecule has 0 atom stereocenters. The van der Waals surface area contributed by atoms with E-state index in [1.54, 1.807) is 0 Å². The van der Waals surface area contributed by atoms with Gasteiger partial charge in [-0.2, -0.15) is 0 Å². The molecule has 0 aliphatic heterocycles. The summed E-state index contributed by atoms with van der Waals surface area (Å²) in [6.07, 6.45) is 0. The van der Waals surface area contributed by atoms with Crippen LogP contribution in [0.25, 0.3) is 83.1 Å². The molecule has 1 heteroatoms. The van der Waals surface area contributed by atoms with Crippen molar-refractivity contribution >= 4 is 21.8 Å². The van der Waals surface area contributed by atoms with Crippen molar-refractivity contribution in [3.63, 3.8) is 0 Å². The first-order valence-corrected chi connectivity index (χ1v) is 22.1. The molecule has 64 heavy (non-hydrogen) atoms. The van der Waals surface area contributed by atoms with Gasteiger partial charge in [-0.25, -0.2) is 0 Å². The van der Waals surface area contributed by atoms with Gasteiger partial charge in [-0.05, 0) is 107 Å². The Morgan fingerprint density at radius 3 is 1.22 bits per heavy atom. The Balaban J connectivity index is 0.000000161. The second kappa shape index (κ2) is 19.4. The fourth-order valence-corrected chi connectivity index (χ4v) is 8.40. The smallest absolute Gasteiger partial charge is 0.0547 e. The van der Waals surface area contributed by atoms with Gasteiger partial charge in [-0.15, -0.1) is 0 Å². The fraction of sp³-hybridized carbons (Fsp3) is 0.0476. The Morgan fingerprint density at radius 1 is 0.234 bits per heavy atom. The van der Waals surface area contributed by atoms with Gasteiger partial charge in [0.2, 0.25) is 0 Å². The molecule has 0 amide bonds. The summed E-state index contributed by atoms with van der Waals surface area (Å²) >= 11 is 0. The molecular formula is C63H51N. The molecular weight excluding hydrogens is 771 g/mol. The molecule has 1 aromatic heterocycles. The summed E-state index contributed by atoms with van der Waals surface area (Å²) in [6.45, 7) is 6.37. The van der Waals surface area contributed by atoms with Crippen LogP contribution in [0, 0.1) is 20.8 Å². The van der Waals surface area contributed by atoms with Crippen molar-refractivity contribution in [2.75, 3.05) is 0 Å². The van der Waals surface area contributed by atoms with Crippen molar-refractivity contribution in [3.05, 3.63) is 271 Å². The van der Waals surface area contributed by atoms with Crippen LogP contribution < -0.4 is 0 Å². The van der Waals surface area contributed by atoms with E-state index in [1.165, 1.54) is 99.8 Å². The molecule has 0 radical (unpaired) electrons. The monoisotopic (exact) mass is 821 g/mol. The van der Waals surface area contributed by atoms with Crippen LogP contribution in [0.5, 0.6) is 0 Å². The third kappa shape index (κ3) is 9.40. The minimum absolute atomic E-state index is 1.17. The highest BCUT2D eigenvalue weighted by atomic mass is 15.0. The number of hydrogen-bond acceptors (Lipinski definition) is 0. The van der Waals surface area contributed by atoms with E-state index in [4.69, 9.17) is 0 Å². The predicted octanol–water partition coefficient (Wildman–Crippen LogP) is 17.4. The first-order valence-electron chi connectivity index (χ1n) is 22.1. The minimum atomic E-state index is 1.17. The zero-order valence-corrected chi connectivity index (χ0v) is 36.7. The standard InChI is InChI=1S/C37H27N.2C13H12/c1-26-11-10-14-29(23-26)32-21-19-28(27-12-4-2-5-13-27)24-35(32)30-20-22-34-33-17-8-9-18-36(33)38(37(34)25-30)31-15-6-3-7-16-31;2*1-11-7-9-13(10-8-11)12-5-3-2-4-6-12/h2-25H,1H3;2*2-10H,1H3. The molecule has 0 unspecified atom stereocenters. The van der Waals surface area contributed by atoms with Gasteiger partial charge >= 0.3 is 0 Å². The summed E-state index contributed by atoms with van der Waals surface area (Å²) in [4.78, 5) is 0. The van der Waals surface area contributed by atoms with E-state index in [0.29, 0.717) is 0 Å². The molecule has 0 fully saturated rings. The van der Waals surface area contributed by atoms with Crippen LogP contribution in [-0.4, -0.2) is 4.57 Å². The van der Waals surface area contributed by atoms with Gasteiger partial charge in [0.15, 0.2) is 0 Å². The highest BCUT2D eigenvalue weighted by Gasteiger charge is 2.16. The van der Waals surface area contributed by atoms with E-state index >= 15 is 0 Å². The van der Waals surface area contributed by atoms with Crippen LogP contribution in [0.2, 0.25) is 0 Å². The maximum Gasteiger partial charge on any atom is 0.0547 e. The summed E-state index contributed by atoms with van der Waals surface area (Å²) in [5.74, 6) is 0. The van der Waals surface area contributed by atoms with Crippen LogP contribution in [0.1, 0.15) is 16.7 Å². The normalized spacial score (nSPS) is 10.7. The molecule has 308 valence electrons. The van der Waals surface area contributed by atoms with E-state index in [2.05, 4.69) is 268 Å². The molecule has 1 nitrogen and oxygen atoms in total. The first kappa shape index (κ1) is 41.4. The number of benzene rings is 10. The van der Waals surface area contributed by atoms with Gasteiger partial charge in [-0.3, -0.25) is 0 Å². The van der Waals surface area contributed by atoms with Gasteiger partial charge in [-0.1, -0.05) is 241 Å². The van der Waals surface area contributed by atoms with Crippen molar-refractivity contribution in [2.24, 2.45) is 0 Å². The molecule has 0 aliphatic carbocycles. The third-order valence-electron chi connectivity index (χ3n) is 11.8. The molecule has 11 aromatic rings. The molecule has 0 aliphatic rings. The first-order chi connectivity index (χ1) is 31.5. The summed E-state index contributed by atoms with van der Waals surface area (Å²) in [7, 11) is 0. The number of rotatable bonds is 6. The number of aryl methyl sites for hydroxylation is 3. The lowest BCUT2D eigenvalue weighted by Gasteiger charge is -2.15. The van der Waals surface area contributed by atoms with Crippen molar-refractivity contribution in [1.29, 1.82) is 0 Å². The number of para-hydroxylation sites is 2. The highest BCUT2D eigenvalue weighted by Crippen LogP contribution is 2.40. The van der Waals surface area contributed by atoms with Crippen LogP contribution in [0.15, 0.2) is 255 Å². The number of fused-ring (bicyclic) bond motifs is 3. The lowest BCUT2D eigenvalue weighted by molar-refractivity contribution is 1.18. The van der Waals surface area contributed by atoms with E-state index in [9.17, 15) is 0 Å². The quantitative estimate of drug-likeness (QED) is 0.157. The maximum atomic E-state index is 2.39. The molecule has 0 N–H and O–H groups in total. The van der Waals surface area contributed by atoms with Gasteiger partial charge in [0.25, 0.3) is 0 Å². The second-order valence-corrected chi connectivity index (χ2v) is 16.4. The van der Waals surface area contributed by atoms with Crippen LogP contribution in [0.4, 0.5) is 0 Å². The van der Waals surface area contributed by atoms with Crippen molar-refractivity contribution in [3.8, 4) is 61.3 Å². The summed E-state index contributed by atoms with van der Waals surface area (Å²) in [5.41, 5.74) is 20.0. The van der Waals surface area contributed by atoms with Gasteiger partial charge < -0.3 is 4.57 Å². The highest BCUT2D eigenvalue weighted by molar-refractivity contribution is 6.10. The van der Waals surface area contributed by atoms with Crippen molar-refractivity contribution in [2.45, 2.75) is 20.8 Å². The third-order valence-corrected chi connectivity index (χ3v) is 11.8. The number of hydrogen-bond donors (Lipinski definition) is 0. The minimum Gasteiger partial charge on any atom is -0.309 e. The maximum absolute atomic E-state index is 2.39. The lowest BCUT2D eigenvalue weighted by atomic mass is 9.90. The average molecular weight is 822 g/mol. The molecule has 0 spiro atoms. The Labute approximate surface area is 378 Å². The van der Waals surface area contributed by atoms with E-state index < -0.39 is 0 Å². The van der Waals surface area contributed by atoms with Crippen LogP contribution in [-0.2, 0) is 0 Å². The molecule has 0 saturated carbocycles. The number of aromatic nitrogens is 1. The fourth-order valence-electron chi connectivity index (χ4n) is 8.40.